The number of hydrogen-bond donors (Lipinski definition) is 3. The van der Waals surface area contributed by atoms with Crippen molar-refractivity contribution < 1.29 is 50.5 Å². The third-order valence-electron chi connectivity index (χ3n) is 9.00. The first-order chi connectivity index (χ1) is 24.9. The first-order valence-corrected chi connectivity index (χ1v) is 17.4. The number of aliphatic hydroxyl groups excluding tert-OH is 1. The van der Waals surface area contributed by atoms with E-state index in [0.717, 1.165) is 49.2 Å². The van der Waals surface area contributed by atoms with Gasteiger partial charge in [0.25, 0.3) is 5.91 Å². The average molecular weight is 753 g/mol. The largest absolute Gasteiger partial charge is 0.490 e. The zero-order chi connectivity index (χ0) is 38.9. The van der Waals surface area contributed by atoms with Gasteiger partial charge >= 0.3 is 18.4 Å². The van der Waals surface area contributed by atoms with E-state index in [1.165, 1.54) is 23.1 Å². The molecule has 0 saturated heterocycles. The molecule has 9 nitrogen and oxygen atoms in total. The molecule has 1 aliphatic heterocycles. The number of amides is 3. The monoisotopic (exact) mass is 752 g/mol. The van der Waals surface area contributed by atoms with Gasteiger partial charge in [-0.3, -0.25) is 9.69 Å². The Morgan fingerprint density at radius 3 is 2.11 bits per heavy atom. The van der Waals surface area contributed by atoms with E-state index < -0.39 is 41.5 Å². The van der Waals surface area contributed by atoms with Crippen LogP contribution in [0.3, 0.4) is 0 Å². The number of urea groups is 1. The van der Waals surface area contributed by atoms with Gasteiger partial charge in [-0.25, -0.2) is 4.79 Å². The number of hydrogen-bond acceptors (Lipinski definition) is 6. The Balaban J connectivity index is 1.55. The molecule has 3 N–H and O–H groups in total. The van der Waals surface area contributed by atoms with Crippen LogP contribution >= 0.6 is 0 Å². The summed E-state index contributed by atoms with van der Waals surface area (Å²) in [6, 6.07) is 12.2. The summed E-state index contributed by atoms with van der Waals surface area (Å²) in [6.45, 7) is 6.54. The van der Waals surface area contributed by atoms with Crippen LogP contribution in [0, 0.1) is 5.92 Å². The van der Waals surface area contributed by atoms with E-state index in [1.54, 1.807) is 19.1 Å². The van der Waals surface area contributed by atoms with Crippen LogP contribution in [0.15, 0.2) is 66.7 Å². The highest BCUT2D eigenvalue weighted by atomic mass is 19.4. The lowest BCUT2D eigenvalue weighted by Crippen LogP contribution is -2.47. The van der Waals surface area contributed by atoms with Crippen LogP contribution in [-0.4, -0.2) is 78.4 Å². The summed E-state index contributed by atoms with van der Waals surface area (Å²) < 4.78 is 90.7. The summed E-state index contributed by atoms with van der Waals surface area (Å²) >= 11 is 0. The highest BCUT2D eigenvalue weighted by Crippen LogP contribution is 2.32. The lowest BCUT2D eigenvalue weighted by molar-refractivity contribution is -0.138. The molecule has 0 bridgehead atoms. The molecule has 4 rings (SSSR count). The number of halogens is 6. The second-order valence-corrected chi connectivity index (χ2v) is 13.6. The van der Waals surface area contributed by atoms with Crippen molar-refractivity contribution in [2.75, 3.05) is 44.0 Å². The molecule has 3 amide bonds. The number of aliphatic hydroxyl groups is 1. The smallest absolute Gasteiger partial charge is 0.416 e. The maximum atomic E-state index is 14.4. The van der Waals surface area contributed by atoms with Crippen LogP contribution in [-0.2, 0) is 23.6 Å². The van der Waals surface area contributed by atoms with E-state index >= 15 is 0 Å². The number of carbonyl (C=O) groups excluding carboxylic acids is 2. The van der Waals surface area contributed by atoms with Crippen LogP contribution < -0.4 is 15.4 Å². The van der Waals surface area contributed by atoms with Gasteiger partial charge in [-0.2, -0.15) is 26.3 Å². The number of likely N-dealkylation sites (N-methyl/N-ethyl adjacent to an activating group) is 1. The van der Waals surface area contributed by atoms with E-state index in [2.05, 4.69) is 10.6 Å². The first-order valence-electron chi connectivity index (χ1n) is 17.4. The predicted molar refractivity (Wildman–Crippen MR) is 189 cm³/mol. The lowest BCUT2D eigenvalue weighted by Gasteiger charge is -2.36. The highest BCUT2D eigenvalue weighted by molar-refractivity contribution is 6.02. The van der Waals surface area contributed by atoms with Crippen LogP contribution in [0.4, 0.5) is 42.5 Å². The van der Waals surface area contributed by atoms with Gasteiger partial charge in [0.05, 0.1) is 41.5 Å². The maximum Gasteiger partial charge on any atom is 0.416 e. The van der Waals surface area contributed by atoms with Gasteiger partial charge in [-0.1, -0.05) is 19.1 Å². The number of benzene rings is 3. The van der Waals surface area contributed by atoms with Gasteiger partial charge in [-0.05, 0) is 100 Å². The molecule has 0 aliphatic carbocycles. The minimum absolute atomic E-state index is 0.126. The van der Waals surface area contributed by atoms with Crippen molar-refractivity contribution in [3.05, 3.63) is 89.0 Å². The fraction of sp³-hybridized carbons (Fsp3) is 0.474. The first kappa shape index (κ1) is 41.4. The Labute approximate surface area is 305 Å². The minimum atomic E-state index is -4.52. The molecule has 0 radical (unpaired) electrons. The zero-order valence-corrected chi connectivity index (χ0v) is 30.1. The fourth-order valence-corrected chi connectivity index (χ4v) is 5.98. The van der Waals surface area contributed by atoms with Gasteiger partial charge in [-0.15, -0.1) is 0 Å². The average Bonchev–Trinajstić information content (AvgIpc) is 3.09. The van der Waals surface area contributed by atoms with Gasteiger partial charge in [0.1, 0.15) is 5.75 Å². The molecule has 290 valence electrons. The number of ether oxygens (including phenoxy) is 2. The summed E-state index contributed by atoms with van der Waals surface area (Å²) in [5, 5.41) is 15.3. The summed E-state index contributed by atoms with van der Waals surface area (Å²) in [7, 11) is 1.84. The molecule has 0 saturated carbocycles. The summed E-state index contributed by atoms with van der Waals surface area (Å²) in [5.41, 5.74) is -0.412. The fourth-order valence-electron chi connectivity index (χ4n) is 5.98. The standard InChI is InChI=1S/C38H46F6N4O5/c1-24-20-48(25(2)23-49)35(50)32-19-31(46-36(51)45-30-14-12-29(13-15-30)38(42,43)44)16-17-33(32)53-26(3)7-5-6-18-52-34(24)22-47(4)21-27-8-10-28(11-9-27)37(39,40)41/h8-17,19,24-26,34,49H,5-7,18,20-23H2,1-4H3,(H2,45,46,51)/t24-,25+,26-,34-/m1/s1. The Bertz CT molecular complexity index is 1650. The molecule has 15 heteroatoms. The molecule has 0 aromatic heterocycles. The summed E-state index contributed by atoms with van der Waals surface area (Å²) in [5.74, 6) is -0.452. The lowest BCUT2D eigenvalue weighted by atomic mass is 10.0. The van der Waals surface area contributed by atoms with Crippen LogP contribution in [0.5, 0.6) is 5.75 Å². The molecule has 4 atom stereocenters. The summed E-state index contributed by atoms with van der Waals surface area (Å²) in [4.78, 5) is 30.7. The maximum absolute atomic E-state index is 14.4. The number of fused-ring (bicyclic) bond motifs is 1. The Morgan fingerprint density at radius 1 is 0.925 bits per heavy atom. The predicted octanol–water partition coefficient (Wildman–Crippen LogP) is 8.30. The summed E-state index contributed by atoms with van der Waals surface area (Å²) in [6.07, 6.45) is -7.47. The third-order valence-corrected chi connectivity index (χ3v) is 9.00. The van der Waals surface area contributed by atoms with Crippen molar-refractivity contribution in [1.82, 2.24) is 9.80 Å². The molecule has 1 aliphatic rings. The highest BCUT2D eigenvalue weighted by Gasteiger charge is 2.32. The number of alkyl halides is 6. The third kappa shape index (κ3) is 12.1. The number of anilines is 2. The minimum Gasteiger partial charge on any atom is -0.490 e. The number of rotatable bonds is 8. The second kappa shape index (κ2) is 18.1. The molecular weight excluding hydrogens is 706 g/mol. The number of carbonyl (C=O) groups is 2. The van der Waals surface area contributed by atoms with E-state index in [4.69, 9.17) is 9.47 Å². The molecule has 3 aromatic carbocycles. The van der Waals surface area contributed by atoms with E-state index in [1.807, 2.05) is 25.8 Å². The Hall–Kier alpha value is -4.34. The van der Waals surface area contributed by atoms with Crippen LogP contribution in [0.25, 0.3) is 0 Å². The van der Waals surface area contributed by atoms with Crippen molar-refractivity contribution in [2.24, 2.45) is 5.92 Å². The normalized spacial score (nSPS) is 19.9. The topological polar surface area (TPSA) is 103 Å². The molecule has 1 heterocycles. The van der Waals surface area contributed by atoms with E-state index in [-0.39, 0.29) is 54.0 Å². The van der Waals surface area contributed by atoms with Crippen molar-refractivity contribution in [2.45, 2.75) is 77.2 Å². The quantitative estimate of drug-likeness (QED) is 0.200. The van der Waals surface area contributed by atoms with Gasteiger partial charge in [0.2, 0.25) is 0 Å². The van der Waals surface area contributed by atoms with Crippen LogP contribution in [0.1, 0.15) is 67.1 Å². The number of nitrogens with one attached hydrogen (secondary N) is 2. The molecule has 0 fully saturated rings. The van der Waals surface area contributed by atoms with E-state index in [9.17, 15) is 41.0 Å². The molecule has 53 heavy (non-hydrogen) atoms. The Morgan fingerprint density at radius 2 is 1.51 bits per heavy atom. The SMILES string of the molecule is C[C@@H]1CCCCO[C@H](CN(C)Cc2ccc(C(F)(F)F)cc2)[C@H](C)CN([C@@H](C)CO)C(=O)c2cc(NC(=O)Nc3ccc(C(F)(F)F)cc3)ccc2O1. The van der Waals surface area contributed by atoms with Gasteiger partial charge in [0.15, 0.2) is 0 Å². The van der Waals surface area contributed by atoms with Crippen molar-refractivity contribution in [3.8, 4) is 5.75 Å². The van der Waals surface area contributed by atoms with Crippen molar-refractivity contribution in [1.29, 1.82) is 0 Å². The molecular formula is C38H46F6N4O5. The zero-order valence-electron chi connectivity index (χ0n) is 30.1. The molecule has 3 aromatic rings. The van der Waals surface area contributed by atoms with Gasteiger partial charge < -0.3 is 30.1 Å². The molecule has 0 unspecified atom stereocenters. The van der Waals surface area contributed by atoms with Crippen LogP contribution in [0.2, 0.25) is 0 Å². The second-order valence-electron chi connectivity index (χ2n) is 13.6. The molecule has 0 spiro atoms. The number of nitrogens with zero attached hydrogens (tertiary/aromatic N) is 2. The van der Waals surface area contributed by atoms with Gasteiger partial charge in [0, 0.05) is 43.5 Å². The van der Waals surface area contributed by atoms with Crippen molar-refractivity contribution in [3.63, 3.8) is 0 Å². The van der Waals surface area contributed by atoms with Crippen molar-refractivity contribution >= 4 is 23.3 Å². The Kier molecular flexibility index (Phi) is 14.2. The van der Waals surface area contributed by atoms with E-state index in [0.29, 0.717) is 31.7 Å².